The van der Waals surface area contributed by atoms with Gasteiger partial charge in [-0.25, -0.2) is 15.0 Å². The molecule has 0 spiro atoms. The van der Waals surface area contributed by atoms with E-state index in [1.165, 1.54) is 7.11 Å². The monoisotopic (exact) mass is 242 g/mol. The Kier molecular flexibility index (Phi) is 2.30. The van der Waals surface area contributed by atoms with Crippen LogP contribution in [0.1, 0.15) is 0 Å². The van der Waals surface area contributed by atoms with Crippen molar-refractivity contribution in [2.75, 3.05) is 12.8 Å². The quantitative estimate of drug-likeness (QED) is 0.695. The predicted octanol–water partition coefficient (Wildman–Crippen LogP) is 1.01. The zero-order chi connectivity index (χ0) is 12.5. The minimum absolute atomic E-state index is 0.229. The summed E-state index contributed by atoms with van der Waals surface area (Å²) in [5, 5.41) is 0. The molecule has 18 heavy (non-hydrogen) atoms. The third-order valence-electron chi connectivity index (χ3n) is 2.52. The average Bonchev–Trinajstić information content (AvgIpc) is 2.85. The molecule has 0 aromatic carbocycles. The third kappa shape index (κ3) is 1.61. The number of nitrogens with one attached hydrogen (secondary N) is 1. The molecule has 0 saturated carbocycles. The number of nitrogens with two attached hydrogens (primary N) is 1. The molecule has 3 N–H and O–H groups in total. The Morgan fingerprint density at radius 3 is 2.89 bits per heavy atom. The van der Waals surface area contributed by atoms with E-state index in [9.17, 15) is 0 Å². The highest BCUT2D eigenvalue weighted by molar-refractivity contribution is 5.77. The molecule has 3 aromatic rings. The number of methoxy groups -OCH3 is 1. The zero-order valence-corrected chi connectivity index (χ0v) is 9.58. The van der Waals surface area contributed by atoms with Gasteiger partial charge in [-0.1, -0.05) is 0 Å². The number of ether oxygens (including phenoxy) is 1. The van der Waals surface area contributed by atoms with Gasteiger partial charge in [-0.3, -0.25) is 0 Å². The lowest BCUT2D eigenvalue weighted by Gasteiger charge is -2.04. The zero-order valence-electron chi connectivity index (χ0n) is 9.58. The van der Waals surface area contributed by atoms with E-state index in [1.54, 1.807) is 18.6 Å². The number of rotatable bonds is 2. The van der Waals surface area contributed by atoms with E-state index >= 15 is 0 Å². The van der Waals surface area contributed by atoms with Crippen LogP contribution in [0.5, 0.6) is 6.01 Å². The van der Waals surface area contributed by atoms with Gasteiger partial charge in [0.1, 0.15) is 11.3 Å². The van der Waals surface area contributed by atoms with E-state index < -0.39 is 0 Å². The van der Waals surface area contributed by atoms with Gasteiger partial charge in [-0.2, -0.15) is 4.98 Å². The summed E-state index contributed by atoms with van der Waals surface area (Å²) in [6.45, 7) is 0. The minimum Gasteiger partial charge on any atom is -0.467 e. The van der Waals surface area contributed by atoms with Crippen LogP contribution in [-0.2, 0) is 0 Å². The number of H-pyrrole nitrogens is 1. The van der Waals surface area contributed by atoms with Crippen LogP contribution in [0.25, 0.3) is 22.4 Å². The highest BCUT2D eigenvalue weighted by Gasteiger charge is 2.09. The summed E-state index contributed by atoms with van der Waals surface area (Å²) < 4.78 is 4.90. The van der Waals surface area contributed by atoms with E-state index in [4.69, 9.17) is 10.5 Å². The lowest BCUT2D eigenvalue weighted by molar-refractivity contribution is 0.380. The van der Waals surface area contributed by atoms with Crippen molar-refractivity contribution in [3.63, 3.8) is 0 Å². The lowest BCUT2D eigenvalue weighted by Crippen LogP contribution is -2.00. The van der Waals surface area contributed by atoms with Crippen LogP contribution in [0.4, 0.5) is 5.82 Å². The molecule has 3 aromatic heterocycles. The fraction of sp³-hybridized carbons (Fsp3) is 0.0909. The van der Waals surface area contributed by atoms with Crippen molar-refractivity contribution in [3.05, 3.63) is 24.7 Å². The van der Waals surface area contributed by atoms with Gasteiger partial charge in [-0.05, 0) is 6.07 Å². The Balaban J connectivity index is 2.13. The molecular weight excluding hydrogens is 232 g/mol. The van der Waals surface area contributed by atoms with Crippen molar-refractivity contribution in [1.82, 2.24) is 24.9 Å². The second-order valence-electron chi connectivity index (χ2n) is 3.62. The van der Waals surface area contributed by atoms with E-state index in [2.05, 4.69) is 24.9 Å². The standard InChI is InChI=1S/C11H10N6O/c1-18-11-15-4-6(9(12)17-11)8-5-14-10-7(16-8)2-3-13-10/h2-5H,1H3,(H,13,14)(H2,12,15,17). The van der Waals surface area contributed by atoms with Gasteiger partial charge >= 0.3 is 6.01 Å². The highest BCUT2D eigenvalue weighted by Crippen LogP contribution is 2.23. The van der Waals surface area contributed by atoms with Crippen molar-refractivity contribution in [2.45, 2.75) is 0 Å². The van der Waals surface area contributed by atoms with Crippen LogP contribution >= 0.6 is 0 Å². The maximum absolute atomic E-state index is 5.84. The summed E-state index contributed by atoms with van der Waals surface area (Å²) in [7, 11) is 1.49. The number of fused-ring (bicyclic) bond motifs is 1. The molecule has 90 valence electrons. The molecule has 7 heteroatoms. The molecule has 3 rings (SSSR count). The van der Waals surface area contributed by atoms with Gasteiger partial charge in [0.25, 0.3) is 0 Å². The Bertz CT molecular complexity index is 708. The van der Waals surface area contributed by atoms with Crippen LogP contribution in [0.15, 0.2) is 24.7 Å². The Morgan fingerprint density at radius 1 is 1.22 bits per heavy atom. The summed E-state index contributed by atoms with van der Waals surface area (Å²) in [5.74, 6) is 0.311. The van der Waals surface area contributed by atoms with Crippen LogP contribution in [-0.4, -0.2) is 32.0 Å². The second-order valence-corrected chi connectivity index (χ2v) is 3.62. The SMILES string of the molecule is COc1ncc(-c2cnc3[nH]ccc3n2)c(N)n1. The first kappa shape index (κ1) is 10.5. The Labute approximate surface area is 102 Å². The number of aromatic nitrogens is 5. The molecule has 0 aliphatic heterocycles. The molecule has 3 heterocycles. The first-order valence-corrected chi connectivity index (χ1v) is 5.25. The molecule has 0 saturated heterocycles. The van der Waals surface area contributed by atoms with E-state index in [0.717, 1.165) is 11.2 Å². The molecule has 7 nitrogen and oxygen atoms in total. The van der Waals surface area contributed by atoms with Gasteiger partial charge in [-0.15, -0.1) is 0 Å². The van der Waals surface area contributed by atoms with Crippen LogP contribution < -0.4 is 10.5 Å². The Hall–Kier alpha value is -2.70. The van der Waals surface area contributed by atoms with Gasteiger partial charge in [0.05, 0.1) is 24.6 Å². The molecule has 0 aliphatic carbocycles. The van der Waals surface area contributed by atoms with E-state index in [1.807, 2.05) is 6.07 Å². The summed E-state index contributed by atoms with van der Waals surface area (Å²) in [6, 6.07) is 2.07. The van der Waals surface area contributed by atoms with E-state index in [0.29, 0.717) is 17.1 Å². The van der Waals surface area contributed by atoms with Gasteiger partial charge in [0, 0.05) is 12.4 Å². The topological polar surface area (TPSA) is 103 Å². The number of anilines is 1. The van der Waals surface area contributed by atoms with Crippen LogP contribution in [0.2, 0.25) is 0 Å². The molecule has 0 unspecified atom stereocenters. The molecule has 0 aliphatic rings. The molecule has 0 fully saturated rings. The summed E-state index contributed by atoms with van der Waals surface area (Å²) >= 11 is 0. The fourth-order valence-electron chi connectivity index (χ4n) is 1.63. The average molecular weight is 242 g/mol. The minimum atomic E-state index is 0.229. The third-order valence-corrected chi connectivity index (χ3v) is 2.52. The number of aromatic amines is 1. The van der Waals surface area contributed by atoms with E-state index in [-0.39, 0.29) is 6.01 Å². The number of hydrogen-bond acceptors (Lipinski definition) is 6. The van der Waals surface area contributed by atoms with Crippen molar-refractivity contribution < 1.29 is 4.74 Å². The maximum atomic E-state index is 5.84. The van der Waals surface area contributed by atoms with Crippen molar-refractivity contribution in [1.29, 1.82) is 0 Å². The largest absolute Gasteiger partial charge is 0.467 e. The second kappa shape index (κ2) is 3.95. The van der Waals surface area contributed by atoms with Gasteiger partial charge in [0.15, 0.2) is 5.65 Å². The van der Waals surface area contributed by atoms with Crippen molar-refractivity contribution >= 4 is 17.0 Å². The normalized spacial score (nSPS) is 10.7. The molecule has 0 bridgehead atoms. The van der Waals surface area contributed by atoms with Gasteiger partial charge in [0.2, 0.25) is 0 Å². The molecule has 0 radical (unpaired) electrons. The molecule has 0 amide bonds. The Morgan fingerprint density at radius 2 is 2.11 bits per heavy atom. The van der Waals surface area contributed by atoms with Crippen molar-refractivity contribution in [2.24, 2.45) is 0 Å². The van der Waals surface area contributed by atoms with Crippen LogP contribution in [0.3, 0.4) is 0 Å². The van der Waals surface area contributed by atoms with Gasteiger partial charge < -0.3 is 15.5 Å². The summed E-state index contributed by atoms with van der Waals surface area (Å²) in [4.78, 5) is 19.7. The predicted molar refractivity (Wildman–Crippen MR) is 65.9 cm³/mol. The van der Waals surface area contributed by atoms with Crippen molar-refractivity contribution in [3.8, 4) is 17.3 Å². The fourth-order valence-corrected chi connectivity index (χ4v) is 1.63. The maximum Gasteiger partial charge on any atom is 0.318 e. The lowest BCUT2D eigenvalue weighted by atomic mass is 10.2. The molecular formula is C11H10N6O. The summed E-state index contributed by atoms with van der Waals surface area (Å²) in [6.07, 6.45) is 4.98. The first-order valence-electron chi connectivity index (χ1n) is 5.25. The first-order chi connectivity index (χ1) is 8.78. The number of nitrogen functional groups attached to an aromatic ring is 1. The highest BCUT2D eigenvalue weighted by atomic mass is 16.5. The summed E-state index contributed by atoms with van der Waals surface area (Å²) in [5.41, 5.74) is 8.59. The van der Waals surface area contributed by atoms with Crippen LogP contribution in [0, 0.1) is 0 Å². The molecule has 0 atom stereocenters. The smallest absolute Gasteiger partial charge is 0.318 e. The number of hydrogen-bond donors (Lipinski definition) is 2. The number of nitrogens with zero attached hydrogens (tertiary/aromatic N) is 4.